The number of anilines is 1. The molecule has 2 aromatic rings. The van der Waals surface area contributed by atoms with E-state index >= 15 is 0 Å². The maximum absolute atomic E-state index is 12.3. The average molecular weight is 372 g/mol. The van der Waals surface area contributed by atoms with Crippen molar-refractivity contribution in [1.82, 2.24) is 10.2 Å². The lowest BCUT2D eigenvalue weighted by atomic mass is 10.0. The molecule has 26 heavy (non-hydrogen) atoms. The van der Waals surface area contributed by atoms with Crippen molar-refractivity contribution < 1.29 is 4.79 Å². The molecule has 138 valence electrons. The van der Waals surface area contributed by atoms with Crippen molar-refractivity contribution in [3.05, 3.63) is 65.2 Å². The van der Waals surface area contributed by atoms with E-state index in [2.05, 4.69) is 33.7 Å². The smallest absolute Gasteiger partial charge is 0.251 e. The Morgan fingerprint density at radius 3 is 2.62 bits per heavy atom. The van der Waals surface area contributed by atoms with Gasteiger partial charge in [-0.05, 0) is 42.5 Å². The van der Waals surface area contributed by atoms with Gasteiger partial charge in [-0.1, -0.05) is 36.4 Å². The average Bonchev–Trinajstić information content (AvgIpc) is 3.14. The van der Waals surface area contributed by atoms with Gasteiger partial charge in [0.25, 0.3) is 5.91 Å². The van der Waals surface area contributed by atoms with Gasteiger partial charge < -0.3 is 10.6 Å². The molecular weight excluding hydrogens is 346 g/mol. The van der Waals surface area contributed by atoms with E-state index in [1.54, 1.807) is 0 Å². The molecule has 5 heteroatoms. The van der Waals surface area contributed by atoms with Gasteiger partial charge in [0.15, 0.2) is 0 Å². The van der Waals surface area contributed by atoms with Crippen LogP contribution in [0.15, 0.2) is 48.5 Å². The molecule has 2 aliphatic heterocycles. The highest BCUT2D eigenvalue weighted by Crippen LogP contribution is 2.28. The number of carbonyl (C=O) groups is 1. The van der Waals surface area contributed by atoms with Gasteiger partial charge in [-0.2, -0.15) is 0 Å². The number of rotatable bonds is 4. The van der Waals surface area contributed by atoms with Gasteiger partial charge in [-0.25, -0.2) is 0 Å². The van der Waals surface area contributed by atoms with Crippen LogP contribution in [0.3, 0.4) is 0 Å². The zero-order chi connectivity index (χ0) is 17.1. The Morgan fingerprint density at radius 2 is 1.85 bits per heavy atom. The van der Waals surface area contributed by atoms with Crippen molar-refractivity contribution in [2.24, 2.45) is 0 Å². The number of nitrogens with one attached hydrogen (secondary N) is 2. The van der Waals surface area contributed by atoms with Crippen LogP contribution in [0.25, 0.3) is 0 Å². The third-order valence-corrected chi connectivity index (χ3v) is 5.29. The molecule has 2 N–H and O–H groups in total. The molecule has 0 radical (unpaired) electrons. The summed E-state index contributed by atoms with van der Waals surface area (Å²) >= 11 is 0. The molecule has 4 rings (SSSR count). The predicted octanol–water partition coefficient (Wildman–Crippen LogP) is 3.47. The molecule has 2 aromatic carbocycles. The number of fused-ring (bicyclic) bond motifs is 1. The van der Waals surface area contributed by atoms with Crippen molar-refractivity contribution >= 4 is 24.0 Å². The molecule has 0 saturated carbocycles. The molecule has 0 unspecified atom stereocenters. The lowest BCUT2D eigenvalue weighted by Crippen LogP contribution is -2.44. The monoisotopic (exact) mass is 371 g/mol. The maximum atomic E-state index is 12.3. The van der Waals surface area contributed by atoms with E-state index in [1.165, 1.54) is 16.8 Å². The SMILES string of the molecule is Cl.O=C(NC1CCN(Cc2cccc3c2NCC3)CC1)c1ccccc1. The lowest BCUT2D eigenvalue weighted by molar-refractivity contribution is 0.0909. The molecule has 1 amide bonds. The number of carbonyl (C=O) groups excluding carboxylic acids is 1. The first-order chi connectivity index (χ1) is 12.3. The number of hydrogen-bond donors (Lipinski definition) is 2. The van der Waals surface area contributed by atoms with Gasteiger partial charge >= 0.3 is 0 Å². The zero-order valence-corrected chi connectivity index (χ0v) is 15.7. The van der Waals surface area contributed by atoms with Gasteiger partial charge in [0.1, 0.15) is 0 Å². The molecule has 0 bridgehead atoms. The Balaban J connectivity index is 0.00000196. The number of amides is 1. The van der Waals surface area contributed by atoms with Crippen molar-refractivity contribution in [2.45, 2.75) is 31.8 Å². The van der Waals surface area contributed by atoms with E-state index in [4.69, 9.17) is 0 Å². The molecule has 2 heterocycles. The number of benzene rings is 2. The maximum Gasteiger partial charge on any atom is 0.251 e. The summed E-state index contributed by atoms with van der Waals surface area (Å²) in [6, 6.07) is 16.4. The quantitative estimate of drug-likeness (QED) is 0.864. The van der Waals surface area contributed by atoms with Gasteiger partial charge in [-0.15, -0.1) is 12.4 Å². The van der Waals surface area contributed by atoms with Crippen LogP contribution in [-0.4, -0.2) is 36.5 Å². The number of likely N-dealkylation sites (tertiary alicyclic amines) is 1. The van der Waals surface area contributed by atoms with Crippen molar-refractivity contribution in [3.63, 3.8) is 0 Å². The molecule has 0 spiro atoms. The largest absolute Gasteiger partial charge is 0.384 e. The van der Waals surface area contributed by atoms with E-state index < -0.39 is 0 Å². The predicted molar refractivity (Wildman–Crippen MR) is 108 cm³/mol. The molecule has 0 aromatic heterocycles. The van der Waals surface area contributed by atoms with Gasteiger partial charge in [-0.3, -0.25) is 9.69 Å². The minimum atomic E-state index is 0. The summed E-state index contributed by atoms with van der Waals surface area (Å²) in [5.74, 6) is 0.0455. The Kier molecular flexibility index (Phi) is 6.17. The van der Waals surface area contributed by atoms with E-state index in [0.29, 0.717) is 0 Å². The molecule has 1 fully saturated rings. The molecule has 4 nitrogen and oxygen atoms in total. The van der Waals surface area contributed by atoms with Gasteiger partial charge in [0, 0.05) is 43.5 Å². The Labute approximate surface area is 161 Å². The van der Waals surface area contributed by atoms with Gasteiger partial charge in [0.05, 0.1) is 0 Å². The summed E-state index contributed by atoms with van der Waals surface area (Å²) in [4.78, 5) is 14.8. The van der Waals surface area contributed by atoms with Crippen molar-refractivity contribution in [2.75, 3.05) is 25.0 Å². The summed E-state index contributed by atoms with van der Waals surface area (Å²) in [5.41, 5.74) is 4.95. The molecule has 0 aliphatic carbocycles. The van der Waals surface area contributed by atoms with Crippen molar-refractivity contribution in [1.29, 1.82) is 0 Å². The second-order valence-corrected chi connectivity index (χ2v) is 7.02. The molecular formula is C21H26ClN3O. The minimum absolute atomic E-state index is 0. The van der Waals surface area contributed by atoms with E-state index in [1.807, 2.05) is 30.3 Å². The van der Waals surface area contributed by atoms with Crippen LogP contribution in [0.5, 0.6) is 0 Å². The molecule has 1 saturated heterocycles. The Morgan fingerprint density at radius 1 is 1.08 bits per heavy atom. The van der Waals surface area contributed by atoms with Gasteiger partial charge in [0.2, 0.25) is 0 Å². The highest BCUT2D eigenvalue weighted by Gasteiger charge is 2.22. The topological polar surface area (TPSA) is 44.4 Å². The Bertz CT molecular complexity index is 742. The lowest BCUT2D eigenvalue weighted by Gasteiger charge is -2.32. The number of nitrogens with zero attached hydrogens (tertiary/aromatic N) is 1. The van der Waals surface area contributed by atoms with Crippen LogP contribution in [0.4, 0.5) is 5.69 Å². The second-order valence-electron chi connectivity index (χ2n) is 7.02. The van der Waals surface area contributed by atoms with Crippen LogP contribution in [0.1, 0.15) is 34.3 Å². The second kappa shape index (κ2) is 8.56. The van der Waals surface area contributed by atoms with E-state index in [9.17, 15) is 4.79 Å². The summed E-state index contributed by atoms with van der Waals surface area (Å²) < 4.78 is 0. The molecule has 2 aliphatic rings. The fourth-order valence-electron chi connectivity index (χ4n) is 3.88. The van der Waals surface area contributed by atoms with Crippen LogP contribution in [-0.2, 0) is 13.0 Å². The summed E-state index contributed by atoms with van der Waals surface area (Å²) in [7, 11) is 0. The Hall–Kier alpha value is -2.04. The first kappa shape index (κ1) is 18.7. The fourth-order valence-corrected chi connectivity index (χ4v) is 3.88. The number of para-hydroxylation sites is 1. The van der Waals surface area contributed by atoms with Crippen molar-refractivity contribution in [3.8, 4) is 0 Å². The summed E-state index contributed by atoms with van der Waals surface area (Å²) in [5, 5.41) is 6.71. The fraction of sp³-hybridized carbons (Fsp3) is 0.381. The van der Waals surface area contributed by atoms with Crippen LogP contribution >= 0.6 is 12.4 Å². The first-order valence-electron chi connectivity index (χ1n) is 9.22. The number of hydrogen-bond acceptors (Lipinski definition) is 3. The van der Waals surface area contributed by atoms with Crippen LogP contribution in [0, 0.1) is 0 Å². The standard InChI is InChI=1S/C21H25N3O.ClH/c25-21(17-5-2-1-3-6-17)23-19-10-13-24(14-11-19)15-18-8-4-7-16-9-12-22-20(16)18;/h1-8,19,22H,9-15H2,(H,23,25);1H. The number of piperidine rings is 1. The van der Waals surface area contributed by atoms with Crippen LogP contribution < -0.4 is 10.6 Å². The third kappa shape index (κ3) is 4.19. The highest BCUT2D eigenvalue weighted by atomic mass is 35.5. The van der Waals surface area contributed by atoms with E-state index in [0.717, 1.165) is 51.0 Å². The first-order valence-corrected chi connectivity index (χ1v) is 9.22. The highest BCUT2D eigenvalue weighted by molar-refractivity contribution is 5.94. The van der Waals surface area contributed by atoms with Crippen LogP contribution in [0.2, 0.25) is 0 Å². The minimum Gasteiger partial charge on any atom is -0.384 e. The van der Waals surface area contributed by atoms with E-state index in [-0.39, 0.29) is 24.4 Å². The summed E-state index contributed by atoms with van der Waals surface area (Å²) in [6.07, 6.45) is 3.17. The summed E-state index contributed by atoms with van der Waals surface area (Å²) in [6.45, 7) is 4.11. The number of halogens is 1. The zero-order valence-electron chi connectivity index (χ0n) is 14.9. The molecule has 0 atom stereocenters. The normalized spacial score (nSPS) is 17.1. The third-order valence-electron chi connectivity index (χ3n) is 5.29.